The zero-order valence-corrected chi connectivity index (χ0v) is 13.5. The number of azo groups is 1. The van der Waals surface area contributed by atoms with Crippen molar-refractivity contribution in [1.29, 1.82) is 0 Å². The molecule has 0 aromatic heterocycles. The van der Waals surface area contributed by atoms with Crippen LogP contribution < -0.4 is 10.6 Å². The fourth-order valence-electron chi connectivity index (χ4n) is 1.91. The predicted molar refractivity (Wildman–Crippen MR) is 85.5 cm³/mol. The molecule has 6 nitrogen and oxygen atoms in total. The van der Waals surface area contributed by atoms with Crippen molar-refractivity contribution >= 4 is 34.6 Å². The third-order valence-corrected chi connectivity index (χ3v) is 3.01. The summed E-state index contributed by atoms with van der Waals surface area (Å²) in [5, 5.41) is 10.9. The first-order valence-electron chi connectivity index (χ1n) is 7.13. The summed E-state index contributed by atoms with van der Waals surface area (Å²) in [6.45, 7) is 2.24. The Morgan fingerprint density at radius 3 is 1.35 bits per heavy atom. The predicted octanol–water partition coefficient (Wildman–Crippen LogP) is 4.58. The fraction of sp³-hybridized carbons (Fsp3) is 0.125. The number of rotatable bonds is 4. The Labute approximate surface area is 144 Å². The minimum absolute atomic E-state index is 0.397. The van der Waals surface area contributed by atoms with Crippen molar-refractivity contribution in [3.8, 4) is 0 Å². The van der Waals surface area contributed by atoms with E-state index in [1.165, 1.54) is 0 Å². The van der Waals surface area contributed by atoms with Crippen molar-refractivity contribution in [3.63, 3.8) is 0 Å². The van der Waals surface area contributed by atoms with Gasteiger partial charge in [-0.05, 0) is 24.3 Å². The van der Waals surface area contributed by atoms with Crippen molar-refractivity contribution in [3.05, 3.63) is 47.5 Å². The molecule has 2 aromatic rings. The van der Waals surface area contributed by atoms with Crippen LogP contribution in [0.5, 0.6) is 0 Å². The molecule has 0 fully saturated rings. The number of amides is 2. The van der Waals surface area contributed by atoms with Crippen LogP contribution in [0.25, 0.3) is 0 Å². The molecule has 0 saturated carbocycles. The van der Waals surface area contributed by atoms with Gasteiger partial charge in [0.15, 0.2) is 23.3 Å². The van der Waals surface area contributed by atoms with Crippen LogP contribution in [-0.4, -0.2) is 11.8 Å². The third-order valence-electron chi connectivity index (χ3n) is 3.01. The van der Waals surface area contributed by atoms with Gasteiger partial charge >= 0.3 is 0 Å². The maximum Gasteiger partial charge on any atom is 0.221 e. The Balaban J connectivity index is 2.33. The number of benzene rings is 2. The maximum atomic E-state index is 13.9. The first-order chi connectivity index (χ1) is 12.2. The normalized spacial score (nSPS) is 10.8. The molecule has 0 heterocycles. The smallest absolute Gasteiger partial charge is 0.221 e. The number of carbonyl (C=O) groups excluding carboxylic acids is 2. The van der Waals surface area contributed by atoms with Gasteiger partial charge in [-0.25, -0.2) is 17.6 Å². The van der Waals surface area contributed by atoms with Crippen LogP contribution in [0.4, 0.5) is 40.3 Å². The van der Waals surface area contributed by atoms with Gasteiger partial charge in [0, 0.05) is 13.8 Å². The SMILES string of the molecule is CC(=O)Nc1ccc(N=Nc2ccc(NC(C)=O)c(F)c2F)c(F)c1F. The van der Waals surface area contributed by atoms with E-state index in [1.54, 1.807) is 0 Å². The number of hydrogen-bond donors (Lipinski definition) is 2. The van der Waals surface area contributed by atoms with E-state index < -0.39 is 57.8 Å². The average Bonchev–Trinajstić information content (AvgIpc) is 2.56. The number of anilines is 2. The molecule has 0 aliphatic rings. The van der Waals surface area contributed by atoms with Crippen molar-refractivity contribution in [2.24, 2.45) is 10.2 Å². The second kappa shape index (κ2) is 7.72. The molecule has 26 heavy (non-hydrogen) atoms. The molecule has 0 bridgehead atoms. The molecule has 0 saturated heterocycles. The molecule has 0 unspecified atom stereocenters. The Morgan fingerprint density at radius 2 is 1.04 bits per heavy atom. The highest BCUT2D eigenvalue weighted by molar-refractivity contribution is 5.89. The fourth-order valence-corrected chi connectivity index (χ4v) is 1.91. The molecular formula is C16H12F4N4O2. The Morgan fingerprint density at radius 1 is 0.692 bits per heavy atom. The minimum atomic E-state index is -1.42. The summed E-state index contributed by atoms with van der Waals surface area (Å²) in [5.74, 6) is -6.79. The lowest BCUT2D eigenvalue weighted by Gasteiger charge is -2.06. The van der Waals surface area contributed by atoms with E-state index >= 15 is 0 Å². The molecule has 136 valence electrons. The van der Waals surface area contributed by atoms with Crippen LogP contribution >= 0.6 is 0 Å². The Kier molecular flexibility index (Phi) is 5.65. The van der Waals surface area contributed by atoms with Crippen LogP contribution in [0, 0.1) is 23.3 Å². The third kappa shape index (κ3) is 4.21. The summed E-state index contributed by atoms with van der Waals surface area (Å²) in [6, 6.07) is 4.11. The monoisotopic (exact) mass is 368 g/mol. The van der Waals surface area contributed by atoms with E-state index in [-0.39, 0.29) is 0 Å². The second-order valence-corrected chi connectivity index (χ2v) is 5.08. The lowest BCUT2D eigenvalue weighted by Crippen LogP contribution is -2.08. The quantitative estimate of drug-likeness (QED) is 0.612. The molecule has 0 atom stereocenters. The van der Waals surface area contributed by atoms with Crippen LogP contribution in [0.15, 0.2) is 34.5 Å². The standard InChI is InChI=1S/C16H12F4N4O2/c1-7(25)21-9-3-5-11(15(19)13(9)17)23-24-12-6-4-10(22-8(2)26)14(18)16(12)20/h3-6H,1-2H3,(H,21,25)(H,22,26). The molecule has 0 aliphatic heterocycles. The van der Waals surface area contributed by atoms with Gasteiger partial charge in [-0.3, -0.25) is 9.59 Å². The molecule has 2 N–H and O–H groups in total. The van der Waals surface area contributed by atoms with Crippen molar-refractivity contribution in [2.75, 3.05) is 10.6 Å². The van der Waals surface area contributed by atoms with Gasteiger partial charge < -0.3 is 10.6 Å². The van der Waals surface area contributed by atoms with Crippen LogP contribution in [-0.2, 0) is 9.59 Å². The lowest BCUT2D eigenvalue weighted by molar-refractivity contribution is -0.115. The Bertz CT molecular complexity index is 842. The Hall–Kier alpha value is -3.30. The first kappa shape index (κ1) is 19.0. The first-order valence-corrected chi connectivity index (χ1v) is 7.13. The van der Waals surface area contributed by atoms with Crippen LogP contribution in [0.2, 0.25) is 0 Å². The van der Waals surface area contributed by atoms with Gasteiger partial charge in [0.1, 0.15) is 11.4 Å². The molecule has 2 aromatic carbocycles. The van der Waals surface area contributed by atoms with Gasteiger partial charge in [-0.2, -0.15) is 0 Å². The van der Waals surface area contributed by atoms with E-state index in [0.29, 0.717) is 0 Å². The summed E-state index contributed by atoms with van der Waals surface area (Å²) in [6.07, 6.45) is 0. The van der Waals surface area contributed by atoms with Gasteiger partial charge in [-0.15, -0.1) is 10.2 Å². The van der Waals surface area contributed by atoms with Crippen LogP contribution in [0.3, 0.4) is 0 Å². The van der Waals surface area contributed by atoms with Gasteiger partial charge in [-0.1, -0.05) is 0 Å². The number of nitrogens with zero attached hydrogens (tertiary/aromatic N) is 2. The highest BCUT2D eigenvalue weighted by Gasteiger charge is 2.16. The highest BCUT2D eigenvalue weighted by Crippen LogP contribution is 2.30. The summed E-state index contributed by atoms with van der Waals surface area (Å²) in [5.41, 5.74) is -1.96. The second-order valence-electron chi connectivity index (χ2n) is 5.08. The summed E-state index contributed by atoms with van der Waals surface area (Å²) < 4.78 is 55.4. The van der Waals surface area contributed by atoms with E-state index in [1.807, 2.05) is 0 Å². The topological polar surface area (TPSA) is 82.9 Å². The molecule has 2 rings (SSSR count). The summed E-state index contributed by atoms with van der Waals surface area (Å²) >= 11 is 0. The van der Waals surface area contributed by atoms with Gasteiger partial charge in [0.25, 0.3) is 0 Å². The average molecular weight is 368 g/mol. The zero-order chi connectivity index (χ0) is 19.4. The summed E-state index contributed by atoms with van der Waals surface area (Å²) in [4.78, 5) is 21.8. The molecule has 0 aliphatic carbocycles. The number of nitrogens with one attached hydrogen (secondary N) is 2. The van der Waals surface area contributed by atoms with E-state index in [0.717, 1.165) is 38.1 Å². The van der Waals surface area contributed by atoms with Crippen LogP contribution in [0.1, 0.15) is 13.8 Å². The highest BCUT2D eigenvalue weighted by atomic mass is 19.2. The van der Waals surface area contributed by atoms with Gasteiger partial charge in [0.2, 0.25) is 11.8 Å². The van der Waals surface area contributed by atoms with Crippen molar-refractivity contribution < 1.29 is 27.2 Å². The van der Waals surface area contributed by atoms with E-state index in [9.17, 15) is 27.2 Å². The number of halogens is 4. The molecule has 0 radical (unpaired) electrons. The van der Waals surface area contributed by atoms with E-state index in [2.05, 4.69) is 20.9 Å². The molecular weight excluding hydrogens is 356 g/mol. The zero-order valence-electron chi connectivity index (χ0n) is 13.5. The van der Waals surface area contributed by atoms with Crippen molar-refractivity contribution in [1.82, 2.24) is 0 Å². The van der Waals surface area contributed by atoms with Gasteiger partial charge in [0.05, 0.1) is 11.4 Å². The lowest BCUT2D eigenvalue weighted by atomic mass is 10.2. The number of hydrogen-bond acceptors (Lipinski definition) is 4. The molecule has 0 spiro atoms. The molecule has 10 heteroatoms. The van der Waals surface area contributed by atoms with Crippen molar-refractivity contribution in [2.45, 2.75) is 13.8 Å². The maximum absolute atomic E-state index is 13.9. The summed E-state index contributed by atoms with van der Waals surface area (Å²) in [7, 11) is 0. The molecule has 2 amide bonds. The minimum Gasteiger partial charge on any atom is -0.324 e. The number of carbonyl (C=O) groups is 2. The largest absolute Gasteiger partial charge is 0.324 e. The van der Waals surface area contributed by atoms with E-state index in [4.69, 9.17) is 0 Å².